The Morgan fingerprint density at radius 1 is 1.12 bits per heavy atom. The Morgan fingerprint density at radius 2 is 1.70 bits per heavy atom. The van der Waals surface area contributed by atoms with E-state index in [-0.39, 0.29) is 25.5 Å². The number of ether oxygens (including phenoxy) is 1. The first-order valence-electron chi connectivity index (χ1n) is 10.7. The second-order valence-corrected chi connectivity index (χ2v) is 8.52. The maximum atomic E-state index is 14.5. The fourth-order valence-corrected chi connectivity index (χ4v) is 4.62. The summed E-state index contributed by atoms with van der Waals surface area (Å²) in [6.07, 6.45) is -0.680. The predicted octanol–water partition coefficient (Wildman–Crippen LogP) is 3.63. The van der Waals surface area contributed by atoms with Gasteiger partial charge in [-0.25, -0.2) is 9.59 Å². The van der Waals surface area contributed by atoms with Crippen LogP contribution in [0.3, 0.4) is 0 Å². The minimum atomic E-state index is -3.97. The van der Waals surface area contributed by atoms with Crippen LogP contribution in [0.2, 0.25) is 0 Å². The van der Waals surface area contributed by atoms with Crippen molar-refractivity contribution in [3.63, 3.8) is 0 Å². The van der Waals surface area contributed by atoms with Crippen LogP contribution < -0.4 is 5.32 Å². The SMILES string of the molecule is CC1(C(=O)O)CCCN1C(=O)C(F)(F)CNC(=O)OCC1c2ccccc2-c2ccccc21. The highest BCUT2D eigenvalue weighted by atomic mass is 19.3. The molecule has 1 unspecified atom stereocenters. The monoisotopic (exact) mass is 458 g/mol. The van der Waals surface area contributed by atoms with Crippen LogP contribution in [0.25, 0.3) is 11.1 Å². The second kappa shape index (κ2) is 8.46. The van der Waals surface area contributed by atoms with Crippen LogP contribution in [-0.2, 0) is 14.3 Å². The van der Waals surface area contributed by atoms with Crippen LogP contribution in [0.1, 0.15) is 36.8 Å². The Hall–Kier alpha value is -3.49. The number of benzene rings is 2. The number of hydrogen-bond acceptors (Lipinski definition) is 4. The molecule has 0 saturated carbocycles. The minimum absolute atomic E-state index is 0.0530. The van der Waals surface area contributed by atoms with Crippen molar-refractivity contribution in [1.82, 2.24) is 10.2 Å². The van der Waals surface area contributed by atoms with Gasteiger partial charge in [-0.3, -0.25) is 4.79 Å². The molecule has 0 radical (unpaired) electrons. The third-order valence-corrected chi connectivity index (χ3v) is 6.46. The molecule has 2 aliphatic rings. The normalized spacial score (nSPS) is 19.7. The summed E-state index contributed by atoms with van der Waals surface area (Å²) in [7, 11) is 0. The van der Waals surface area contributed by atoms with E-state index in [1.54, 1.807) is 0 Å². The topological polar surface area (TPSA) is 95.9 Å². The Morgan fingerprint density at radius 3 is 2.27 bits per heavy atom. The molecule has 1 atom stereocenters. The number of carboxylic acid groups (broad SMARTS) is 1. The molecule has 2 N–H and O–H groups in total. The highest BCUT2D eigenvalue weighted by molar-refractivity contribution is 5.91. The molecule has 1 fully saturated rings. The summed E-state index contributed by atoms with van der Waals surface area (Å²) in [5, 5.41) is 11.3. The number of alkyl halides is 2. The molecule has 1 aliphatic heterocycles. The number of likely N-dealkylation sites (tertiary alicyclic amines) is 1. The summed E-state index contributed by atoms with van der Waals surface area (Å²) in [6, 6.07) is 15.4. The molecule has 0 aromatic heterocycles. The van der Waals surface area contributed by atoms with Gasteiger partial charge in [0, 0.05) is 12.5 Å². The zero-order chi connectivity index (χ0) is 23.8. The van der Waals surface area contributed by atoms with Gasteiger partial charge >= 0.3 is 18.0 Å². The standard InChI is InChI=1S/C24H24F2N2O5/c1-23(21(30)31)11-6-12-28(23)20(29)24(25,26)14-27-22(32)33-13-19-17-9-4-2-7-15(17)16-8-3-5-10-18(16)19/h2-5,7-10,19H,6,11-14H2,1H3,(H,27,32)(H,30,31). The van der Waals surface area contributed by atoms with Crippen LogP contribution in [0.15, 0.2) is 48.5 Å². The third kappa shape index (κ3) is 4.03. The lowest BCUT2D eigenvalue weighted by molar-refractivity contribution is -0.168. The van der Waals surface area contributed by atoms with Crippen LogP contribution >= 0.6 is 0 Å². The summed E-state index contributed by atoms with van der Waals surface area (Å²) < 4.78 is 34.3. The summed E-state index contributed by atoms with van der Waals surface area (Å²) in [4.78, 5) is 36.7. The van der Waals surface area contributed by atoms with Crippen LogP contribution in [-0.4, -0.2) is 59.1 Å². The molecule has 0 spiro atoms. The van der Waals surface area contributed by atoms with Crippen molar-refractivity contribution in [2.24, 2.45) is 0 Å². The van der Waals surface area contributed by atoms with Gasteiger partial charge in [-0.15, -0.1) is 0 Å². The van der Waals surface area contributed by atoms with Crippen molar-refractivity contribution < 1.29 is 33.0 Å². The molecule has 4 rings (SSSR count). The van der Waals surface area contributed by atoms with E-state index >= 15 is 0 Å². The van der Waals surface area contributed by atoms with Gasteiger partial charge in [0.25, 0.3) is 5.91 Å². The van der Waals surface area contributed by atoms with Crippen molar-refractivity contribution in [3.8, 4) is 11.1 Å². The Labute approximate surface area is 189 Å². The number of nitrogens with one attached hydrogen (secondary N) is 1. The van der Waals surface area contributed by atoms with Crippen molar-refractivity contribution >= 4 is 18.0 Å². The molecule has 7 nitrogen and oxygen atoms in total. The molecule has 2 amide bonds. The minimum Gasteiger partial charge on any atom is -0.480 e. The number of nitrogens with zero attached hydrogens (tertiary/aromatic N) is 1. The van der Waals surface area contributed by atoms with E-state index in [9.17, 15) is 28.3 Å². The number of fused-ring (bicyclic) bond motifs is 3. The van der Waals surface area contributed by atoms with Crippen LogP contribution in [0, 0.1) is 0 Å². The number of carbonyl (C=O) groups is 3. The van der Waals surface area contributed by atoms with E-state index in [1.165, 1.54) is 6.92 Å². The number of carbonyl (C=O) groups excluding carboxylic acids is 2. The lowest BCUT2D eigenvalue weighted by Gasteiger charge is -2.33. The van der Waals surface area contributed by atoms with Gasteiger partial charge < -0.3 is 20.1 Å². The van der Waals surface area contributed by atoms with E-state index in [2.05, 4.69) is 0 Å². The smallest absolute Gasteiger partial charge is 0.407 e. The predicted molar refractivity (Wildman–Crippen MR) is 115 cm³/mol. The van der Waals surface area contributed by atoms with Crippen LogP contribution in [0.4, 0.5) is 13.6 Å². The number of hydrogen-bond donors (Lipinski definition) is 2. The van der Waals surface area contributed by atoms with Crippen molar-refractivity contribution in [3.05, 3.63) is 59.7 Å². The zero-order valence-electron chi connectivity index (χ0n) is 18.0. The second-order valence-electron chi connectivity index (χ2n) is 8.52. The van der Waals surface area contributed by atoms with Crippen LogP contribution in [0.5, 0.6) is 0 Å². The summed E-state index contributed by atoms with van der Waals surface area (Å²) in [6.45, 7) is -0.172. The third-order valence-electron chi connectivity index (χ3n) is 6.46. The van der Waals surface area contributed by atoms with E-state index in [0.29, 0.717) is 11.3 Å². The first-order valence-corrected chi connectivity index (χ1v) is 10.7. The zero-order valence-corrected chi connectivity index (χ0v) is 18.0. The van der Waals surface area contributed by atoms with Gasteiger partial charge in [0.2, 0.25) is 0 Å². The Kier molecular flexibility index (Phi) is 5.82. The summed E-state index contributed by atoms with van der Waals surface area (Å²) >= 11 is 0. The Balaban J connectivity index is 1.37. The van der Waals surface area contributed by atoms with Gasteiger partial charge in [-0.05, 0) is 42.0 Å². The summed E-state index contributed by atoms with van der Waals surface area (Å²) in [5.41, 5.74) is 2.34. The maximum absolute atomic E-state index is 14.5. The average Bonchev–Trinajstić information content (AvgIpc) is 3.35. The highest BCUT2D eigenvalue weighted by Gasteiger charge is 2.53. The van der Waals surface area contributed by atoms with E-state index in [4.69, 9.17) is 4.74 Å². The number of alkyl carbamates (subject to hydrolysis) is 1. The number of rotatable bonds is 6. The molecule has 9 heteroatoms. The van der Waals surface area contributed by atoms with Gasteiger partial charge in [0.15, 0.2) is 0 Å². The quantitative estimate of drug-likeness (QED) is 0.689. The number of amides is 2. The average molecular weight is 458 g/mol. The van der Waals surface area contributed by atoms with E-state index < -0.39 is 36.0 Å². The van der Waals surface area contributed by atoms with Crippen molar-refractivity contribution in [1.29, 1.82) is 0 Å². The van der Waals surface area contributed by atoms with Crippen molar-refractivity contribution in [2.45, 2.75) is 37.1 Å². The Bertz CT molecular complexity index is 1060. The molecule has 2 aromatic rings. The number of aliphatic carboxylic acids is 1. The molecule has 1 saturated heterocycles. The molecule has 174 valence electrons. The van der Waals surface area contributed by atoms with Gasteiger partial charge in [-0.2, -0.15) is 8.78 Å². The highest BCUT2D eigenvalue weighted by Crippen LogP contribution is 2.44. The molecule has 0 bridgehead atoms. The van der Waals surface area contributed by atoms with E-state index in [0.717, 1.165) is 22.3 Å². The largest absolute Gasteiger partial charge is 0.480 e. The van der Waals surface area contributed by atoms with E-state index in [1.807, 2.05) is 53.8 Å². The molecular formula is C24H24F2N2O5. The van der Waals surface area contributed by atoms with Gasteiger partial charge in [0.1, 0.15) is 12.1 Å². The number of halogens is 2. The lowest BCUT2D eigenvalue weighted by Crippen LogP contribution is -2.58. The molecule has 2 aromatic carbocycles. The molecule has 1 heterocycles. The fraction of sp³-hybridized carbons (Fsp3) is 0.375. The lowest BCUT2D eigenvalue weighted by atomic mass is 9.98. The van der Waals surface area contributed by atoms with Gasteiger partial charge in [0.05, 0.1) is 6.54 Å². The van der Waals surface area contributed by atoms with Crippen molar-refractivity contribution in [2.75, 3.05) is 19.7 Å². The summed E-state index contributed by atoms with van der Waals surface area (Å²) in [5.74, 6) is -7.16. The molecule has 33 heavy (non-hydrogen) atoms. The van der Waals surface area contributed by atoms with Gasteiger partial charge in [-0.1, -0.05) is 48.5 Å². The molecular weight excluding hydrogens is 434 g/mol. The first-order chi connectivity index (χ1) is 15.6. The first kappa shape index (κ1) is 22.7. The number of carboxylic acids is 1. The maximum Gasteiger partial charge on any atom is 0.407 e. The molecule has 1 aliphatic carbocycles. The fourth-order valence-electron chi connectivity index (χ4n) is 4.62.